The smallest absolute Gasteiger partial charge is 0.266 e. The first-order chi connectivity index (χ1) is 10.6. The summed E-state index contributed by atoms with van der Waals surface area (Å²) in [7, 11) is 0. The second-order valence-corrected chi connectivity index (χ2v) is 6.09. The van der Waals surface area contributed by atoms with E-state index in [0.29, 0.717) is 16.8 Å². The Morgan fingerprint density at radius 1 is 0.727 bits per heavy atom. The number of nitrogens with zero attached hydrogens (tertiary/aromatic N) is 1. The lowest BCUT2D eigenvalue weighted by Gasteiger charge is -2.13. The fourth-order valence-corrected chi connectivity index (χ4v) is 3.16. The minimum absolute atomic E-state index is 0.274. The van der Waals surface area contributed by atoms with Gasteiger partial charge in [-0.15, -0.1) is 0 Å². The van der Waals surface area contributed by atoms with Crippen LogP contribution in [-0.4, -0.2) is 11.8 Å². The minimum Gasteiger partial charge on any atom is -0.268 e. The second kappa shape index (κ2) is 4.78. The largest absolute Gasteiger partial charge is 0.268 e. The third-order valence-corrected chi connectivity index (χ3v) is 4.31. The molecule has 0 spiro atoms. The van der Waals surface area contributed by atoms with Gasteiger partial charge in [0.15, 0.2) is 0 Å². The van der Waals surface area contributed by atoms with Crippen molar-refractivity contribution in [1.82, 2.24) is 0 Å². The van der Waals surface area contributed by atoms with Crippen LogP contribution in [0.25, 0.3) is 10.8 Å². The zero-order valence-electron chi connectivity index (χ0n) is 11.4. The number of fused-ring (bicyclic) bond motifs is 2. The number of halogens is 1. The number of imide groups is 1. The molecule has 4 heteroatoms. The number of hydrogen-bond acceptors (Lipinski definition) is 2. The first kappa shape index (κ1) is 13.2. The number of anilines is 1. The highest BCUT2D eigenvalue weighted by Gasteiger charge is 2.36. The molecule has 4 rings (SSSR count). The third-order valence-electron chi connectivity index (χ3n) is 3.82. The summed E-state index contributed by atoms with van der Waals surface area (Å²) < 4.78 is 0.826. The van der Waals surface area contributed by atoms with Gasteiger partial charge in [-0.1, -0.05) is 46.3 Å². The first-order valence-corrected chi connectivity index (χ1v) is 7.61. The molecule has 0 atom stereocenters. The molecule has 0 aliphatic carbocycles. The molecule has 0 unspecified atom stereocenters. The summed E-state index contributed by atoms with van der Waals surface area (Å²) in [6.07, 6.45) is 0. The summed E-state index contributed by atoms with van der Waals surface area (Å²) in [6.45, 7) is 0. The number of hydrogen-bond donors (Lipinski definition) is 0. The summed E-state index contributed by atoms with van der Waals surface area (Å²) in [6, 6.07) is 18.5. The van der Waals surface area contributed by atoms with Crippen LogP contribution in [0.5, 0.6) is 0 Å². The molecule has 1 heterocycles. The molecule has 3 aromatic carbocycles. The van der Waals surface area contributed by atoms with Gasteiger partial charge in [0, 0.05) is 4.47 Å². The van der Waals surface area contributed by atoms with E-state index in [1.54, 1.807) is 30.3 Å². The topological polar surface area (TPSA) is 37.4 Å². The number of carbonyl (C=O) groups excluding carboxylic acids is 2. The van der Waals surface area contributed by atoms with Crippen molar-refractivity contribution in [3.8, 4) is 0 Å². The number of benzene rings is 3. The zero-order chi connectivity index (χ0) is 15.3. The van der Waals surface area contributed by atoms with Crippen molar-refractivity contribution in [1.29, 1.82) is 0 Å². The van der Waals surface area contributed by atoms with Gasteiger partial charge in [0.1, 0.15) is 0 Å². The van der Waals surface area contributed by atoms with E-state index < -0.39 is 0 Å². The van der Waals surface area contributed by atoms with E-state index in [4.69, 9.17) is 0 Å². The SMILES string of the molecule is O=C1c2cc3ccccc3cc2C(=O)N1c1cccc(Br)c1. The van der Waals surface area contributed by atoms with Crippen LogP contribution >= 0.6 is 15.9 Å². The van der Waals surface area contributed by atoms with Gasteiger partial charge in [-0.05, 0) is 41.1 Å². The highest BCUT2D eigenvalue weighted by atomic mass is 79.9. The lowest BCUT2D eigenvalue weighted by molar-refractivity contribution is 0.0926. The van der Waals surface area contributed by atoms with Gasteiger partial charge < -0.3 is 0 Å². The number of amides is 2. The predicted molar refractivity (Wildman–Crippen MR) is 89.2 cm³/mol. The summed E-state index contributed by atoms with van der Waals surface area (Å²) in [5, 5.41) is 1.91. The Morgan fingerprint density at radius 3 is 1.86 bits per heavy atom. The number of carbonyl (C=O) groups is 2. The molecule has 0 saturated heterocycles. The van der Waals surface area contributed by atoms with Crippen molar-refractivity contribution in [3.05, 3.63) is 76.3 Å². The van der Waals surface area contributed by atoms with Crippen molar-refractivity contribution < 1.29 is 9.59 Å². The van der Waals surface area contributed by atoms with Crippen LogP contribution in [0.3, 0.4) is 0 Å². The molecule has 0 N–H and O–H groups in total. The molecule has 0 radical (unpaired) electrons. The van der Waals surface area contributed by atoms with E-state index in [1.807, 2.05) is 30.3 Å². The minimum atomic E-state index is -0.274. The monoisotopic (exact) mass is 351 g/mol. The maximum absolute atomic E-state index is 12.7. The van der Waals surface area contributed by atoms with Gasteiger partial charge in [-0.2, -0.15) is 0 Å². The van der Waals surface area contributed by atoms with Crippen molar-refractivity contribution in [2.75, 3.05) is 4.90 Å². The Morgan fingerprint density at radius 2 is 1.32 bits per heavy atom. The van der Waals surface area contributed by atoms with Crippen LogP contribution in [-0.2, 0) is 0 Å². The van der Waals surface area contributed by atoms with Crippen LogP contribution in [0.15, 0.2) is 65.1 Å². The van der Waals surface area contributed by atoms with Crippen LogP contribution in [0.2, 0.25) is 0 Å². The number of rotatable bonds is 1. The summed E-state index contributed by atoms with van der Waals surface area (Å²) in [4.78, 5) is 26.5. The maximum Gasteiger partial charge on any atom is 0.266 e. The molecular formula is C18H10BrNO2. The van der Waals surface area contributed by atoms with Gasteiger partial charge in [-0.25, -0.2) is 4.90 Å². The fraction of sp³-hybridized carbons (Fsp3) is 0. The van der Waals surface area contributed by atoms with Gasteiger partial charge in [0.05, 0.1) is 16.8 Å². The summed E-state index contributed by atoms with van der Waals surface area (Å²) in [5.41, 5.74) is 1.50. The molecule has 0 saturated carbocycles. The second-order valence-electron chi connectivity index (χ2n) is 5.17. The van der Waals surface area contributed by atoms with Crippen LogP contribution < -0.4 is 4.90 Å². The molecule has 1 aliphatic rings. The fourth-order valence-electron chi connectivity index (χ4n) is 2.78. The Hall–Kier alpha value is -2.46. The van der Waals surface area contributed by atoms with Crippen LogP contribution in [0.1, 0.15) is 20.7 Å². The molecule has 0 aromatic heterocycles. The van der Waals surface area contributed by atoms with Crippen molar-refractivity contribution >= 4 is 44.2 Å². The molecular weight excluding hydrogens is 342 g/mol. The van der Waals surface area contributed by atoms with E-state index in [9.17, 15) is 9.59 Å². The summed E-state index contributed by atoms with van der Waals surface area (Å²) >= 11 is 3.37. The molecule has 0 fully saturated rings. The van der Waals surface area contributed by atoms with Gasteiger partial charge in [-0.3, -0.25) is 9.59 Å². The van der Waals surface area contributed by atoms with E-state index >= 15 is 0 Å². The van der Waals surface area contributed by atoms with Gasteiger partial charge in [0.25, 0.3) is 11.8 Å². The average Bonchev–Trinajstić information content (AvgIpc) is 2.76. The van der Waals surface area contributed by atoms with Gasteiger partial charge in [0.2, 0.25) is 0 Å². The first-order valence-electron chi connectivity index (χ1n) is 6.82. The molecule has 3 aromatic rings. The normalized spacial score (nSPS) is 13.8. The van der Waals surface area contributed by atoms with E-state index in [0.717, 1.165) is 15.2 Å². The Kier molecular flexibility index (Phi) is 2.87. The van der Waals surface area contributed by atoms with Crippen molar-refractivity contribution in [2.24, 2.45) is 0 Å². The van der Waals surface area contributed by atoms with Gasteiger partial charge >= 0.3 is 0 Å². The van der Waals surface area contributed by atoms with Crippen molar-refractivity contribution in [3.63, 3.8) is 0 Å². The highest BCUT2D eigenvalue weighted by molar-refractivity contribution is 9.10. The Bertz CT molecular complexity index is 894. The van der Waals surface area contributed by atoms with E-state index in [1.165, 1.54) is 4.90 Å². The molecule has 1 aliphatic heterocycles. The Balaban J connectivity index is 1.90. The lowest BCUT2D eigenvalue weighted by atomic mass is 10.0. The highest BCUT2D eigenvalue weighted by Crippen LogP contribution is 2.32. The predicted octanol–water partition coefficient (Wildman–Crippen LogP) is 4.40. The maximum atomic E-state index is 12.7. The van der Waals surface area contributed by atoms with Crippen LogP contribution in [0, 0.1) is 0 Å². The quantitative estimate of drug-likeness (QED) is 0.609. The third kappa shape index (κ3) is 1.88. The zero-order valence-corrected chi connectivity index (χ0v) is 13.0. The molecule has 0 bridgehead atoms. The van der Waals surface area contributed by atoms with E-state index in [2.05, 4.69) is 15.9 Å². The Labute approximate surface area is 135 Å². The standard InChI is InChI=1S/C18H10BrNO2/c19-13-6-3-7-14(10-13)20-17(21)15-8-11-4-1-2-5-12(11)9-16(15)18(20)22/h1-10H. The lowest BCUT2D eigenvalue weighted by Crippen LogP contribution is -2.29. The molecule has 3 nitrogen and oxygen atoms in total. The van der Waals surface area contributed by atoms with Crippen LogP contribution in [0.4, 0.5) is 5.69 Å². The molecule has 22 heavy (non-hydrogen) atoms. The molecule has 106 valence electrons. The van der Waals surface area contributed by atoms with Crippen molar-refractivity contribution in [2.45, 2.75) is 0 Å². The summed E-state index contributed by atoms with van der Waals surface area (Å²) in [5.74, 6) is -0.548. The van der Waals surface area contributed by atoms with E-state index in [-0.39, 0.29) is 11.8 Å². The molecule has 2 amide bonds. The average molecular weight is 352 g/mol.